The van der Waals surface area contributed by atoms with E-state index in [4.69, 9.17) is 10.7 Å². The van der Waals surface area contributed by atoms with E-state index < -0.39 is 73.4 Å². The van der Waals surface area contributed by atoms with Crippen LogP contribution < -0.4 is 24.8 Å². The summed E-state index contributed by atoms with van der Waals surface area (Å²) in [5.74, 6) is -3.59. The Hall–Kier alpha value is -3.99. The second-order valence-electron chi connectivity index (χ2n) is 9.67. The average molecular weight is 788 g/mol. The van der Waals surface area contributed by atoms with Crippen molar-refractivity contribution in [1.29, 1.82) is 0 Å². The number of hydrogen-bond acceptors (Lipinski definition) is 9. The van der Waals surface area contributed by atoms with E-state index in [1.165, 1.54) is 6.07 Å². The third-order valence-corrected chi connectivity index (χ3v) is 9.47. The van der Waals surface area contributed by atoms with Crippen molar-refractivity contribution in [2.75, 3.05) is 19.6 Å². The van der Waals surface area contributed by atoms with Gasteiger partial charge in [0, 0.05) is 36.9 Å². The molecule has 1 atom stereocenters. The van der Waals surface area contributed by atoms with E-state index >= 15 is 0 Å². The van der Waals surface area contributed by atoms with Crippen LogP contribution in [0.2, 0.25) is 0 Å². The lowest BCUT2D eigenvalue weighted by molar-refractivity contribution is -0.275. The van der Waals surface area contributed by atoms with Crippen molar-refractivity contribution in [3.8, 4) is 17.2 Å². The molecular formula is C27H23ClF9N3O8S2. The highest BCUT2D eigenvalue weighted by Crippen LogP contribution is 2.27. The summed E-state index contributed by atoms with van der Waals surface area (Å²) in [6.07, 6.45) is -9.75. The number of nitrogens with one attached hydrogen (secondary N) is 2. The molecule has 1 fully saturated rings. The largest absolute Gasteiger partial charge is 0.573 e. The molecule has 1 saturated heterocycles. The first-order valence-corrected chi connectivity index (χ1v) is 17.2. The van der Waals surface area contributed by atoms with Gasteiger partial charge in [0.25, 0.3) is 9.05 Å². The third-order valence-electron chi connectivity index (χ3n) is 6.18. The zero-order chi connectivity index (χ0) is 37.5. The van der Waals surface area contributed by atoms with Crippen LogP contribution >= 0.6 is 10.7 Å². The zero-order valence-corrected chi connectivity index (χ0v) is 27.0. The van der Waals surface area contributed by atoms with Gasteiger partial charge in [0.15, 0.2) is 11.6 Å². The van der Waals surface area contributed by atoms with E-state index in [0.29, 0.717) is 0 Å². The summed E-state index contributed by atoms with van der Waals surface area (Å²) in [4.78, 5) is 12.1. The molecule has 1 unspecified atom stereocenters. The number of hydrogen-bond donors (Lipinski definition) is 2. The number of carbonyl (C=O) groups is 1. The van der Waals surface area contributed by atoms with Crippen molar-refractivity contribution in [2.45, 2.75) is 41.7 Å². The quantitative estimate of drug-likeness (QED) is 0.212. The molecule has 1 aliphatic heterocycles. The molecule has 276 valence electrons. The topological polar surface area (TPSA) is 140 Å². The maximum atomic E-state index is 13.9. The first kappa shape index (κ1) is 40.4. The molecule has 4 rings (SSSR count). The second-order valence-corrected chi connectivity index (χ2v) is 14.1. The molecule has 3 aromatic rings. The predicted molar refractivity (Wildman–Crippen MR) is 155 cm³/mol. The fourth-order valence-electron chi connectivity index (χ4n) is 4.10. The van der Waals surface area contributed by atoms with E-state index in [9.17, 15) is 61.1 Å². The first-order valence-electron chi connectivity index (χ1n) is 13.4. The number of rotatable bonds is 10. The number of alkyl halides is 8. The number of benzene rings is 3. The maximum Gasteiger partial charge on any atom is 0.573 e. The van der Waals surface area contributed by atoms with Crippen molar-refractivity contribution < 1.29 is 75.4 Å². The van der Waals surface area contributed by atoms with Gasteiger partial charge in [0.05, 0.1) is 9.79 Å². The fourth-order valence-corrected chi connectivity index (χ4v) is 6.46. The van der Waals surface area contributed by atoms with Gasteiger partial charge in [-0.1, -0.05) is 6.07 Å². The van der Waals surface area contributed by atoms with Crippen LogP contribution in [0.15, 0.2) is 76.5 Å². The van der Waals surface area contributed by atoms with Gasteiger partial charge in [-0.25, -0.2) is 21.2 Å². The molecule has 11 nitrogen and oxygen atoms in total. The molecule has 0 aromatic heterocycles. The zero-order valence-electron chi connectivity index (χ0n) is 24.6. The van der Waals surface area contributed by atoms with Crippen LogP contribution in [0.5, 0.6) is 17.2 Å². The summed E-state index contributed by atoms with van der Waals surface area (Å²) in [7, 11) is -3.25. The summed E-state index contributed by atoms with van der Waals surface area (Å²) >= 11 is 0. The summed E-state index contributed by atoms with van der Waals surface area (Å²) in [6, 6.07) is 8.99. The summed E-state index contributed by atoms with van der Waals surface area (Å²) < 4.78 is 170. The van der Waals surface area contributed by atoms with Gasteiger partial charge < -0.3 is 24.8 Å². The van der Waals surface area contributed by atoms with Gasteiger partial charge in [0.1, 0.15) is 17.5 Å². The van der Waals surface area contributed by atoms with Gasteiger partial charge in [-0.2, -0.15) is 13.1 Å². The number of ether oxygens (including phenoxy) is 3. The maximum absolute atomic E-state index is 13.9. The van der Waals surface area contributed by atoms with Crippen LogP contribution in [-0.4, -0.2) is 72.1 Å². The van der Waals surface area contributed by atoms with E-state index in [1.54, 1.807) is 0 Å². The van der Waals surface area contributed by atoms with Crippen LogP contribution in [0.4, 0.5) is 39.5 Å². The first-order chi connectivity index (χ1) is 23.0. The number of amides is 1. The van der Waals surface area contributed by atoms with Crippen LogP contribution in [0.3, 0.4) is 0 Å². The van der Waals surface area contributed by atoms with Crippen molar-refractivity contribution in [2.24, 2.45) is 0 Å². The van der Waals surface area contributed by atoms with Gasteiger partial charge in [-0.3, -0.25) is 4.79 Å². The standard InChI is InChI=1S/C20H19F6N3O5S.C7H4ClF3O3S/c21-15-9-12(1-6-17(15)33-19(22)23)10-28-18(30)16-11-27-7-8-29(16)35(31,32)14-4-2-13(3-5-14)34-20(24,25)26;8-15(12,13)6-3-1-5(2-4-6)14-7(9,10)11/h1-6,9,16,19,27H,7-8,10-11H2,(H,28,30);1-4H. The molecule has 1 aliphatic rings. The molecule has 0 aliphatic carbocycles. The summed E-state index contributed by atoms with van der Waals surface area (Å²) in [6.45, 7) is -3.39. The molecule has 3 aromatic carbocycles. The van der Waals surface area contributed by atoms with Crippen molar-refractivity contribution in [1.82, 2.24) is 14.9 Å². The Kier molecular flexibility index (Phi) is 13.2. The highest BCUT2D eigenvalue weighted by molar-refractivity contribution is 8.13. The van der Waals surface area contributed by atoms with E-state index in [2.05, 4.69) is 24.8 Å². The van der Waals surface area contributed by atoms with E-state index in [-0.39, 0.29) is 41.5 Å². The number of halogens is 10. The molecule has 0 spiro atoms. The lowest BCUT2D eigenvalue weighted by Gasteiger charge is -2.34. The SMILES string of the molecule is O=C(NCc1ccc(OC(F)F)c(F)c1)C1CNCCN1S(=O)(=O)c1ccc(OC(F)(F)F)cc1.O=S(=O)(Cl)c1ccc(OC(F)(F)F)cc1. The Balaban J connectivity index is 0.000000376. The lowest BCUT2D eigenvalue weighted by Crippen LogP contribution is -2.59. The van der Waals surface area contributed by atoms with Crippen LogP contribution in [0.1, 0.15) is 5.56 Å². The molecule has 23 heteroatoms. The molecular weight excluding hydrogens is 765 g/mol. The molecule has 0 radical (unpaired) electrons. The fraction of sp³-hybridized carbons (Fsp3) is 0.296. The van der Waals surface area contributed by atoms with Crippen LogP contribution in [0.25, 0.3) is 0 Å². The molecule has 0 bridgehead atoms. The van der Waals surface area contributed by atoms with Gasteiger partial charge in [-0.05, 0) is 66.2 Å². The molecule has 2 N–H and O–H groups in total. The Labute approximate surface area is 282 Å². The molecule has 1 heterocycles. The average Bonchev–Trinajstić information content (AvgIpc) is 3.00. The smallest absolute Gasteiger partial charge is 0.432 e. The van der Waals surface area contributed by atoms with Gasteiger partial charge >= 0.3 is 19.3 Å². The van der Waals surface area contributed by atoms with Crippen molar-refractivity contribution in [3.63, 3.8) is 0 Å². The van der Waals surface area contributed by atoms with Gasteiger partial charge in [-0.15, -0.1) is 26.3 Å². The van der Waals surface area contributed by atoms with Gasteiger partial charge in [0.2, 0.25) is 15.9 Å². The number of piperazine rings is 1. The lowest BCUT2D eigenvalue weighted by atomic mass is 10.2. The van der Waals surface area contributed by atoms with E-state index in [0.717, 1.165) is 65.0 Å². The number of nitrogens with zero attached hydrogens (tertiary/aromatic N) is 1. The Morgan fingerprint density at radius 3 is 1.86 bits per heavy atom. The highest BCUT2D eigenvalue weighted by atomic mass is 35.7. The van der Waals surface area contributed by atoms with Crippen LogP contribution in [-0.2, 0) is 30.4 Å². The van der Waals surface area contributed by atoms with Crippen molar-refractivity contribution >= 4 is 35.7 Å². The Morgan fingerprint density at radius 2 is 1.40 bits per heavy atom. The minimum absolute atomic E-state index is 0.0597. The summed E-state index contributed by atoms with van der Waals surface area (Å²) in [5.41, 5.74) is 0.205. The second kappa shape index (κ2) is 16.4. The number of carbonyl (C=O) groups excluding carboxylic acids is 1. The minimum Gasteiger partial charge on any atom is -0.432 e. The predicted octanol–water partition coefficient (Wildman–Crippen LogP) is 5.12. The summed E-state index contributed by atoms with van der Waals surface area (Å²) in [5, 5.41) is 5.34. The normalized spacial score (nSPS) is 15.9. The Morgan fingerprint density at radius 1 is 0.880 bits per heavy atom. The third kappa shape index (κ3) is 12.4. The Bertz CT molecular complexity index is 1830. The van der Waals surface area contributed by atoms with Crippen LogP contribution in [0, 0.1) is 5.82 Å². The molecule has 50 heavy (non-hydrogen) atoms. The molecule has 1 amide bonds. The minimum atomic E-state index is -4.94. The highest BCUT2D eigenvalue weighted by Gasteiger charge is 2.38. The monoisotopic (exact) mass is 787 g/mol. The molecule has 0 saturated carbocycles. The van der Waals surface area contributed by atoms with E-state index in [1.807, 2.05) is 0 Å². The number of sulfonamides is 1. The van der Waals surface area contributed by atoms with Crippen molar-refractivity contribution in [3.05, 3.63) is 78.1 Å².